The summed E-state index contributed by atoms with van der Waals surface area (Å²) in [4.78, 5) is 11.2. The van der Waals surface area contributed by atoms with E-state index in [2.05, 4.69) is 11.4 Å². The lowest BCUT2D eigenvalue weighted by Crippen LogP contribution is -2.11. The SMILES string of the molecule is COCCc1ccccc1NCc1cccc(C(N)=O)c1. The molecule has 4 heteroatoms. The number of rotatable bonds is 7. The summed E-state index contributed by atoms with van der Waals surface area (Å²) in [5.74, 6) is -0.405. The van der Waals surface area contributed by atoms with E-state index in [1.165, 1.54) is 5.56 Å². The summed E-state index contributed by atoms with van der Waals surface area (Å²) in [6.07, 6.45) is 0.862. The topological polar surface area (TPSA) is 64.3 Å². The van der Waals surface area contributed by atoms with Gasteiger partial charge in [0.2, 0.25) is 5.91 Å². The Morgan fingerprint density at radius 1 is 1.19 bits per heavy atom. The molecule has 0 saturated heterocycles. The Labute approximate surface area is 124 Å². The highest BCUT2D eigenvalue weighted by molar-refractivity contribution is 5.92. The van der Waals surface area contributed by atoms with E-state index < -0.39 is 5.91 Å². The predicted octanol–water partition coefficient (Wildman–Crippen LogP) is 2.59. The third kappa shape index (κ3) is 4.33. The first kappa shape index (κ1) is 15.1. The van der Waals surface area contributed by atoms with Crippen molar-refractivity contribution in [3.63, 3.8) is 0 Å². The normalized spacial score (nSPS) is 10.3. The molecule has 0 aliphatic rings. The Hall–Kier alpha value is -2.33. The summed E-state index contributed by atoms with van der Waals surface area (Å²) in [5.41, 5.74) is 9.14. The van der Waals surface area contributed by atoms with E-state index in [9.17, 15) is 4.79 Å². The summed E-state index contributed by atoms with van der Waals surface area (Å²) in [6.45, 7) is 1.33. The number of carbonyl (C=O) groups is 1. The van der Waals surface area contributed by atoms with Gasteiger partial charge in [-0.1, -0.05) is 30.3 Å². The van der Waals surface area contributed by atoms with Gasteiger partial charge in [-0.2, -0.15) is 0 Å². The van der Waals surface area contributed by atoms with Crippen LogP contribution in [0, 0.1) is 0 Å². The third-order valence-electron chi connectivity index (χ3n) is 3.29. The van der Waals surface area contributed by atoms with Crippen LogP contribution in [0.4, 0.5) is 5.69 Å². The van der Waals surface area contributed by atoms with Crippen LogP contribution in [0.5, 0.6) is 0 Å². The van der Waals surface area contributed by atoms with Crippen LogP contribution in [0.1, 0.15) is 21.5 Å². The molecule has 0 radical (unpaired) electrons. The number of amides is 1. The zero-order chi connectivity index (χ0) is 15.1. The zero-order valence-electron chi connectivity index (χ0n) is 12.1. The molecule has 3 N–H and O–H groups in total. The van der Waals surface area contributed by atoms with Crippen molar-refractivity contribution in [1.82, 2.24) is 0 Å². The average Bonchev–Trinajstić information content (AvgIpc) is 2.52. The number of anilines is 1. The number of nitrogens with two attached hydrogens (primary N) is 1. The summed E-state index contributed by atoms with van der Waals surface area (Å²) < 4.78 is 5.13. The minimum atomic E-state index is -0.405. The molecule has 2 aromatic rings. The minimum Gasteiger partial charge on any atom is -0.384 e. The summed E-state index contributed by atoms with van der Waals surface area (Å²) in [7, 11) is 1.70. The van der Waals surface area contributed by atoms with Crippen LogP contribution in [0.15, 0.2) is 48.5 Å². The number of hydrogen-bond acceptors (Lipinski definition) is 3. The van der Waals surface area contributed by atoms with Gasteiger partial charge in [0.1, 0.15) is 0 Å². The third-order valence-corrected chi connectivity index (χ3v) is 3.29. The van der Waals surface area contributed by atoms with Gasteiger partial charge >= 0.3 is 0 Å². The first-order valence-electron chi connectivity index (χ1n) is 6.90. The molecule has 0 atom stereocenters. The molecule has 2 rings (SSSR count). The molecule has 0 bridgehead atoms. The fraction of sp³-hybridized carbons (Fsp3) is 0.235. The second kappa shape index (κ2) is 7.45. The molecule has 0 aromatic heterocycles. The monoisotopic (exact) mass is 284 g/mol. The number of ether oxygens (including phenoxy) is 1. The lowest BCUT2D eigenvalue weighted by molar-refractivity contribution is 0.1000. The predicted molar refractivity (Wildman–Crippen MR) is 84.3 cm³/mol. The lowest BCUT2D eigenvalue weighted by atomic mass is 10.1. The molecule has 4 nitrogen and oxygen atoms in total. The van der Waals surface area contributed by atoms with E-state index in [-0.39, 0.29) is 0 Å². The molecule has 0 heterocycles. The Morgan fingerprint density at radius 2 is 2.00 bits per heavy atom. The molecule has 0 saturated carbocycles. The number of para-hydroxylation sites is 1. The van der Waals surface area contributed by atoms with Crippen molar-refractivity contribution in [2.45, 2.75) is 13.0 Å². The van der Waals surface area contributed by atoms with Crippen LogP contribution in [-0.4, -0.2) is 19.6 Å². The van der Waals surface area contributed by atoms with Crippen molar-refractivity contribution >= 4 is 11.6 Å². The first-order chi connectivity index (χ1) is 10.2. The van der Waals surface area contributed by atoms with Gasteiger partial charge in [0.25, 0.3) is 0 Å². The number of benzene rings is 2. The molecule has 2 aromatic carbocycles. The number of nitrogens with one attached hydrogen (secondary N) is 1. The molecule has 110 valence electrons. The van der Waals surface area contributed by atoms with Crippen LogP contribution in [-0.2, 0) is 17.7 Å². The van der Waals surface area contributed by atoms with Gasteiger partial charge < -0.3 is 15.8 Å². The molecular weight excluding hydrogens is 264 g/mol. The second-order valence-corrected chi connectivity index (χ2v) is 4.82. The molecule has 0 aliphatic carbocycles. The fourth-order valence-corrected chi connectivity index (χ4v) is 2.15. The standard InChI is InChI=1S/C17H20N2O2/c1-21-10-9-14-6-2-3-8-16(14)19-12-13-5-4-7-15(11-13)17(18)20/h2-8,11,19H,9-10,12H2,1H3,(H2,18,20). The highest BCUT2D eigenvalue weighted by atomic mass is 16.5. The highest BCUT2D eigenvalue weighted by Crippen LogP contribution is 2.17. The summed E-state index contributed by atoms with van der Waals surface area (Å²) in [6, 6.07) is 15.5. The quantitative estimate of drug-likeness (QED) is 0.821. The molecule has 0 unspecified atom stereocenters. The van der Waals surface area contributed by atoms with E-state index in [0.717, 1.165) is 17.7 Å². The average molecular weight is 284 g/mol. The number of carbonyl (C=O) groups excluding carboxylic acids is 1. The van der Waals surface area contributed by atoms with Gasteiger partial charge in [-0.3, -0.25) is 4.79 Å². The van der Waals surface area contributed by atoms with Crippen molar-refractivity contribution in [2.75, 3.05) is 19.0 Å². The van der Waals surface area contributed by atoms with Crippen molar-refractivity contribution in [3.8, 4) is 0 Å². The maximum atomic E-state index is 11.2. The molecule has 0 spiro atoms. The van der Waals surface area contributed by atoms with Crippen LogP contribution in [0.2, 0.25) is 0 Å². The molecule has 21 heavy (non-hydrogen) atoms. The van der Waals surface area contributed by atoms with Gasteiger partial charge in [-0.15, -0.1) is 0 Å². The van der Waals surface area contributed by atoms with Crippen molar-refractivity contribution in [2.24, 2.45) is 5.73 Å². The van der Waals surface area contributed by atoms with Crippen molar-refractivity contribution < 1.29 is 9.53 Å². The van der Waals surface area contributed by atoms with E-state index in [0.29, 0.717) is 18.7 Å². The summed E-state index contributed by atoms with van der Waals surface area (Å²) >= 11 is 0. The van der Waals surface area contributed by atoms with Gasteiger partial charge in [0.15, 0.2) is 0 Å². The van der Waals surface area contributed by atoms with Crippen molar-refractivity contribution in [3.05, 3.63) is 65.2 Å². The van der Waals surface area contributed by atoms with Crippen LogP contribution >= 0.6 is 0 Å². The Morgan fingerprint density at radius 3 is 2.76 bits per heavy atom. The lowest BCUT2D eigenvalue weighted by Gasteiger charge is -2.12. The molecule has 0 fully saturated rings. The largest absolute Gasteiger partial charge is 0.384 e. The smallest absolute Gasteiger partial charge is 0.248 e. The van der Waals surface area contributed by atoms with Gasteiger partial charge in [-0.25, -0.2) is 0 Å². The summed E-state index contributed by atoms with van der Waals surface area (Å²) in [5, 5.41) is 3.40. The van der Waals surface area contributed by atoms with Gasteiger partial charge in [0, 0.05) is 24.9 Å². The highest BCUT2D eigenvalue weighted by Gasteiger charge is 2.03. The van der Waals surface area contributed by atoms with Crippen LogP contribution in [0.25, 0.3) is 0 Å². The van der Waals surface area contributed by atoms with E-state index in [1.54, 1.807) is 13.2 Å². The van der Waals surface area contributed by atoms with Gasteiger partial charge in [0.05, 0.1) is 6.61 Å². The Kier molecular flexibility index (Phi) is 5.35. The first-order valence-corrected chi connectivity index (χ1v) is 6.90. The van der Waals surface area contributed by atoms with E-state index in [4.69, 9.17) is 10.5 Å². The molecular formula is C17H20N2O2. The van der Waals surface area contributed by atoms with Gasteiger partial charge in [-0.05, 0) is 35.7 Å². The fourth-order valence-electron chi connectivity index (χ4n) is 2.15. The van der Waals surface area contributed by atoms with E-state index >= 15 is 0 Å². The van der Waals surface area contributed by atoms with E-state index in [1.807, 2.05) is 36.4 Å². The number of primary amides is 1. The number of methoxy groups -OCH3 is 1. The molecule has 0 aliphatic heterocycles. The Balaban J connectivity index is 2.06. The second-order valence-electron chi connectivity index (χ2n) is 4.82. The Bertz CT molecular complexity index is 611. The maximum Gasteiger partial charge on any atom is 0.248 e. The molecule has 1 amide bonds. The number of hydrogen-bond donors (Lipinski definition) is 2. The van der Waals surface area contributed by atoms with Crippen LogP contribution < -0.4 is 11.1 Å². The van der Waals surface area contributed by atoms with Crippen molar-refractivity contribution in [1.29, 1.82) is 0 Å². The maximum absolute atomic E-state index is 11.2. The minimum absolute atomic E-state index is 0.405. The zero-order valence-corrected chi connectivity index (χ0v) is 12.1. The van der Waals surface area contributed by atoms with Crippen LogP contribution in [0.3, 0.4) is 0 Å².